The first kappa shape index (κ1) is 23.3. The number of nitrogens with zero attached hydrogens (tertiary/aromatic N) is 2. The van der Waals surface area contributed by atoms with Crippen LogP contribution in [-0.2, 0) is 4.74 Å². The highest BCUT2D eigenvalue weighted by Gasteiger charge is 2.26. The van der Waals surface area contributed by atoms with Gasteiger partial charge in [0.05, 0.1) is 29.2 Å². The lowest BCUT2D eigenvalue weighted by Crippen LogP contribution is -2.48. The Morgan fingerprint density at radius 2 is 1.91 bits per heavy atom. The van der Waals surface area contributed by atoms with Crippen LogP contribution in [0.25, 0.3) is 10.9 Å². The molecule has 1 aliphatic heterocycles. The van der Waals surface area contributed by atoms with Crippen molar-refractivity contribution in [1.29, 1.82) is 0 Å². The normalized spacial score (nSPS) is 19.5. The molecule has 7 nitrogen and oxygen atoms in total. The van der Waals surface area contributed by atoms with Crippen LogP contribution in [0.3, 0.4) is 0 Å². The van der Waals surface area contributed by atoms with Crippen LogP contribution >= 0.6 is 11.6 Å². The van der Waals surface area contributed by atoms with Crippen LogP contribution in [0.2, 0.25) is 5.02 Å². The van der Waals surface area contributed by atoms with Gasteiger partial charge < -0.3 is 19.9 Å². The first-order valence-corrected chi connectivity index (χ1v) is 11.6. The largest absolute Gasteiger partial charge is 0.378 e. The molecule has 0 aliphatic carbocycles. The van der Waals surface area contributed by atoms with Crippen molar-refractivity contribution in [3.8, 4) is 0 Å². The topological polar surface area (TPSA) is 87.3 Å². The molecule has 1 aromatic heterocycles. The van der Waals surface area contributed by atoms with Gasteiger partial charge in [0.15, 0.2) is 0 Å². The number of hydrogen-bond donors (Lipinski definition) is 2. The zero-order valence-corrected chi connectivity index (χ0v) is 20.1. The Morgan fingerprint density at radius 3 is 2.55 bits per heavy atom. The molecule has 0 saturated carbocycles. The van der Waals surface area contributed by atoms with Crippen LogP contribution in [-0.4, -0.2) is 46.1 Å². The van der Waals surface area contributed by atoms with Crippen LogP contribution in [0.1, 0.15) is 55.0 Å². The number of morpholine rings is 1. The predicted molar refractivity (Wildman–Crippen MR) is 131 cm³/mol. The SMILES string of the molecule is CC[C@H](Nc1ccc(C(=O)N2C[C@@H](C)O[C@@H](C)C2)cc1)c1cc2c(=O)[nH]c(C)nc2cc1Cl. The van der Waals surface area contributed by atoms with Gasteiger partial charge in [-0.05, 0) is 69.2 Å². The fourth-order valence-corrected chi connectivity index (χ4v) is 4.69. The average molecular weight is 469 g/mol. The quantitative estimate of drug-likeness (QED) is 0.566. The summed E-state index contributed by atoms with van der Waals surface area (Å²) in [5.41, 5.74) is 2.74. The van der Waals surface area contributed by atoms with Gasteiger partial charge in [0.2, 0.25) is 0 Å². The van der Waals surface area contributed by atoms with E-state index in [4.69, 9.17) is 16.3 Å². The number of carbonyl (C=O) groups excluding carboxylic acids is 1. The van der Waals surface area contributed by atoms with E-state index in [1.54, 1.807) is 13.0 Å². The Balaban J connectivity index is 1.54. The number of anilines is 1. The predicted octanol–water partition coefficient (Wildman–Crippen LogP) is 4.70. The van der Waals surface area contributed by atoms with Gasteiger partial charge in [-0.3, -0.25) is 9.59 Å². The molecular formula is C25H29ClN4O3. The van der Waals surface area contributed by atoms with Gasteiger partial charge in [-0.15, -0.1) is 0 Å². The fourth-order valence-electron chi connectivity index (χ4n) is 4.40. The van der Waals surface area contributed by atoms with Crippen LogP contribution in [0.15, 0.2) is 41.2 Å². The first-order chi connectivity index (χ1) is 15.7. The summed E-state index contributed by atoms with van der Waals surface area (Å²) in [5.74, 6) is 0.562. The molecule has 0 bridgehead atoms. The standard InChI is InChI=1S/C25H29ClN4O3/c1-5-22(19-10-20-23(11-21(19)26)27-16(4)28-24(20)31)29-18-8-6-17(7-9-18)25(32)30-12-14(2)33-15(3)13-30/h6-11,14-15,22,29H,5,12-13H2,1-4H3,(H,27,28,31)/t14-,15+,22-/m0/s1. The number of hydrogen-bond acceptors (Lipinski definition) is 5. The Hall–Kier alpha value is -2.90. The van der Waals surface area contributed by atoms with Crippen molar-refractivity contribution >= 4 is 34.1 Å². The van der Waals surface area contributed by atoms with Crippen molar-refractivity contribution in [3.63, 3.8) is 0 Å². The number of H-pyrrole nitrogens is 1. The van der Waals surface area contributed by atoms with Crippen molar-refractivity contribution in [2.45, 2.75) is 52.4 Å². The molecule has 3 aromatic rings. The number of carbonyl (C=O) groups is 1. The summed E-state index contributed by atoms with van der Waals surface area (Å²) in [5, 5.41) is 4.55. The van der Waals surface area contributed by atoms with Gasteiger partial charge in [-0.1, -0.05) is 18.5 Å². The number of fused-ring (bicyclic) bond motifs is 1. The van der Waals surface area contributed by atoms with Crippen molar-refractivity contribution in [2.75, 3.05) is 18.4 Å². The number of halogens is 1. The lowest BCUT2D eigenvalue weighted by Gasteiger charge is -2.35. The maximum atomic E-state index is 12.9. The van der Waals surface area contributed by atoms with Gasteiger partial charge in [-0.2, -0.15) is 0 Å². The van der Waals surface area contributed by atoms with E-state index in [0.717, 1.165) is 17.7 Å². The zero-order valence-electron chi connectivity index (χ0n) is 19.3. The minimum absolute atomic E-state index is 0.00943. The highest BCUT2D eigenvalue weighted by molar-refractivity contribution is 6.32. The third-order valence-corrected chi connectivity index (χ3v) is 6.23. The molecule has 8 heteroatoms. The molecular weight excluding hydrogens is 440 g/mol. The zero-order chi connectivity index (χ0) is 23.7. The second-order valence-electron chi connectivity index (χ2n) is 8.69. The molecule has 2 N–H and O–H groups in total. The third kappa shape index (κ3) is 5.04. The number of nitrogens with one attached hydrogen (secondary N) is 2. The van der Waals surface area contributed by atoms with E-state index in [1.807, 2.05) is 49.1 Å². The van der Waals surface area contributed by atoms with Crippen LogP contribution in [0.5, 0.6) is 0 Å². The number of aromatic nitrogens is 2. The van der Waals surface area contributed by atoms with E-state index in [9.17, 15) is 9.59 Å². The molecule has 0 spiro atoms. The smallest absolute Gasteiger partial charge is 0.258 e. The van der Waals surface area contributed by atoms with Crippen molar-refractivity contribution in [3.05, 3.63) is 68.7 Å². The summed E-state index contributed by atoms with van der Waals surface area (Å²) in [6, 6.07) is 10.9. The van der Waals surface area contributed by atoms with E-state index in [1.165, 1.54) is 0 Å². The van der Waals surface area contributed by atoms with E-state index < -0.39 is 0 Å². The van der Waals surface area contributed by atoms with Crippen LogP contribution in [0, 0.1) is 6.92 Å². The second kappa shape index (κ2) is 9.53. The molecule has 0 unspecified atom stereocenters. The minimum Gasteiger partial charge on any atom is -0.378 e. The van der Waals surface area contributed by atoms with Gasteiger partial charge in [0, 0.05) is 29.4 Å². The molecule has 33 heavy (non-hydrogen) atoms. The lowest BCUT2D eigenvalue weighted by molar-refractivity contribution is -0.0586. The van der Waals surface area contributed by atoms with Crippen molar-refractivity contribution < 1.29 is 9.53 Å². The molecule has 0 radical (unpaired) electrons. The number of rotatable bonds is 5. The van der Waals surface area contributed by atoms with E-state index in [2.05, 4.69) is 22.2 Å². The van der Waals surface area contributed by atoms with Crippen molar-refractivity contribution in [1.82, 2.24) is 14.9 Å². The summed E-state index contributed by atoms with van der Waals surface area (Å²) in [4.78, 5) is 34.3. The highest BCUT2D eigenvalue weighted by atomic mass is 35.5. The van der Waals surface area contributed by atoms with Crippen LogP contribution in [0.4, 0.5) is 5.69 Å². The summed E-state index contributed by atoms with van der Waals surface area (Å²) < 4.78 is 5.73. The number of benzene rings is 2. The molecule has 1 fully saturated rings. The van der Waals surface area contributed by atoms with E-state index in [-0.39, 0.29) is 29.7 Å². The minimum atomic E-state index is -0.181. The summed E-state index contributed by atoms with van der Waals surface area (Å²) >= 11 is 6.57. The fraction of sp³-hybridized carbons (Fsp3) is 0.400. The van der Waals surface area contributed by atoms with Gasteiger partial charge in [-0.25, -0.2) is 4.98 Å². The number of amides is 1. The number of aryl methyl sites for hydroxylation is 1. The Kier molecular flexibility index (Phi) is 6.72. The molecule has 1 saturated heterocycles. The summed E-state index contributed by atoms with van der Waals surface area (Å²) in [6.45, 7) is 8.94. The van der Waals surface area contributed by atoms with Crippen LogP contribution < -0.4 is 10.9 Å². The van der Waals surface area contributed by atoms with Crippen molar-refractivity contribution in [2.24, 2.45) is 0 Å². The summed E-state index contributed by atoms with van der Waals surface area (Å²) in [6.07, 6.45) is 0.816. The number of aromatic amines is 1. The summed E-state index contributed by atoms with van der Waals surface area (Å²) in [7, 11) is 0. The maximum absolute atomic E-state index is 12.9. The average Bonchev–Trinajstić information content (AvgIpc) is 2.76. The first-order valence-electron chi connectivity index (χ1n) is 11.3. The van der Waals surface area contributed by atoms with Gasteiger partial charge in [0.25, 0.3) is 11.5 Å². The maximum Gasteiger partial charge on any atom is 0.258 e. The Morgan fingerprint density at radius 1 is 1.24 bits per heavy atom. The molecule has 1 amide bonds. The second-order valence-corrected chi connectivity index (χ2v) is 9.10. The van der Waals surface area contributed by atoms with E-state index >= 15 is 0 Å². The third-order valence-electron chi connectivity index (χ3n) is 5.91. The highest BCUT2D eigenvalue weighted by Crippen LogP contribution is 2.31. The Bertz CT molecular complexity index is 1210. The Labute approximate surface area is 198 Å². The molecule has 1 aliphatic rings. The molecule has 3 atom stereocenters. The lowest BCUT2D eigenvalue weighted by atomic mass is 10.0. The molecule has 174 valence electrons. The van der Waals surface area contributed by atoms with Gasteiger partial charge >= 0.3 is 0 Å². The molecule has 2 aromatic carbocycles. The molecule has 2 heterocycles. The monoisotopic (exact) mass is 468 g/mol. The van der Waals surface area contributed by atoms with Gasteiger partial charge in [0.1, 0.15) is 5.82 Å². The number of ether oxygens (including phenoxy) is 1. The van der Waals surface area contributed by atoms with E-state index in [0.29, 0.717) is 40.4 Å². The molecule has 4 rings (SSSR count).